The molecular weight excluding hydrogens is 262 g/mol. The Morgan fingerprint density at radius 2 is 2.32 bits per heavy atom. The highest BCUT2D eigenvalue weighted by Crippen LogP contribution is 2.43. The molecule has 0 amide bonds. The zero-order chi connectivity index (χ0) is 13.4. The summed E-state index contributed by atoms with van der Waals surface area (Å²) in [5, 5.41) is 4.03. The van der Waals surface area contributed by atoms with Crippen molar-refractivity contribution < 1.29 is 13.9 Å². The molecule has 0 aliphatic heterocycles. The largest absolute Gasteiger partial charge is 0.460 e. The van der Waals surface area contributed by atoms with Gasteiger partial charge in [-0.1, -0.05) is 0 Å². The molecule has 0 N–H and O–H groups in total. The lowest BCUT2D eigenvalue weighted by atomic mass is 10.2. The number of hydrogen-bond donors (Lipinski definition) is 0. The molecule has 0 bridgehead atoms. The standard InChI is InChI=1S/C14H15NO3S/c1-3-17-14(16)12-11(9-4-5-9)15-13(18-12)10-7-19-6-8(10)2/h6-7,9H,3-5H2,1-2H3. The summed E-state index contributed by atoms with van der Waals surface area (Å²) in [5.74, 6) is 0.764. The van der Waals surface area contributed by atoms with E-state index in [1.807, 2.05) is 17.7 Å². The van der Waals surface area contributed by atoms with E-state index in [-0.39, 0.29) is 5.76 Å². The van der Waals surface area contributed by atoms with E-state index in [0.29, 0.717) is 18.4 Å². The minimum Gasteiger partial charge on any atom is -0.460 e. The number of aryl methyl sites for hydroxylation is 1. The van der Waals surface area contributed by atoms with Gasteiger partial charge in [0.05, 0.1) is 17.9 Å². The van der Waals surface area contributed by atoms with E-state index < -0.39 is 5.97 Å². The molecule has 1 fully saturated rings. The van der Waals surface area contributed by atoms with Crippen LogP contribution in [0.5, 0.6) is 0 Å². The summed E-state index contributed by atoms with van der Waals surface area (Å²) in [6.07, 6.45) is 2.14. The highest BCUT2D eigenvalue weighted by Gasteiger charge is 2.34. The van der Waals surface area contributed by atoms with Crippen LogP contribution in [0.4, 0.5) is 0 Å². The summed E-state index contributed by atoms with van der Waals surface area (Å²) in [6.45, 7) is 4.14. The van der Waals surface area contributed by atoms with Crippen molar-refractivity contribution in [2.24, 2.45) is 0 Å². The van der Waals surface area contributed by atoms with Gasteiger partial charge in [-0.3, -0.25) is 0 Å². The Balaban J connectivity index is 2.01. The highest BCUT2D eigenvalue weighted by molar-refractivity contribution is 7.08. The second-order valence-corrected chi connectivity index (χ2v) is 5.44. The van der Waals surface area contributed by atoms with E-state index >= 15 is 0 Å². The van der Waals surface area contributed by atoms with Crippen LogP contribution in [0, 0.1) is 6.92 Å². The Bertz CT molecular complexity index is 610. The maximum Gasteiger partial charge on any atom is 0.376 e. The third-order valence-electron chi connectivity index (χ3n) is 3.16. The molecule has 0 radical (unpaired) electrons. The molecule has 19 heavy (non-hydrogen) atoms. The number of esters is 1. The molecule has 4 nitrogen and oxygen atoms in total. The molecule has 3 rings (SSSR count). The Labute approximate surface area is 115 Å². The third-order valence-corrected chi connectivity index (χ3v) is 4.03. The van der Waals surface area contributed by atoms with Gasteiger partial charge in [-0.15, -0.1) is 0 Å². The van der Waals surface area contributed by atoms with E-state index in [4.69, 9.17) is 9.15 Å². The SMILES string of the molecule is CCOC(=O)c1oc(-c2cscc2C)nc1C1CC1. The molecule has 1 aliphatic rings. The maximum atomic E-state index is 11.9. The van der Waals surface area contributed by atoms with Crippen LogP contribution in [0.25, 0.3) is 11.5 Å². The van der Waals surface area contributed by atoms with Crippen LogP contribution in [0.3, 0.4) is 0 Å². The number of aromatic nitrogens is 1. The minimum atomic E-state index is -0.406. The third kappa shape index (κ3) is 2.30. The van der Waals surface area contributed by atoms with Gasteiger partial charge in [-0.05, 0) is 37.6 Å². The van der Waals surface area contributed by atoms with Crippen LogP contribution in [-0.2, 0) is 4.74 Å². The molecule has 0 spiro atoms. The lowest BCUT2D eigenvalue weighted by Gasteiger charge is -1.98. The number of ether oxygens (including phenoxy) is 1. The Kier molecular flexibility index (Phi) is 3.14. The summed E-state index contributed by atoms with van der Waals surface area (Å²) in [5.41, 5.74) is 2.84. The van der Waals surface area contributed by atoms with Crippen molar-refractivity contribution in [3.05, 3.63) is 27.8 Å². The Morgan fingerprint density at radius 1 is 1.53 bits per heavy atom. The molecule has 0 atom stereocenters. The van der Waals surface area contributed by atoms with E-state index in [1.54, 1.807) is 18.3 Å². The second-order valence-electron chi connectivity index (χ2n) is 4.70. The van der Waals surface area contributed by atoms with Gasteiger partial charge in [0.2, 0.25) is 11.7 Å². The zero-order valence-corrected chi connectivity index (χ0v) is 11.8. The average molecular weight is 277 g/mol. The highest BCUT2D eigenvalue weighted by atomic mass is 32.1. The van der Waals surface area contributed by atoms with Crippen LogP contribution < -0.4 is 0 Å². The first-order valence-electron chi connectivity index (χ1n) is 6.41. The van der Waals surface area contributed by atoms with Crippen molar-refractivity contribution in [3.63, 3.8) is 0 Å². The summed E-state index contributed by atoms with van der Waals surface area (Å²) in [7, 11) is 0. The number of hydrogen-bond acceptors (Lipinski definition) is 5. The quantitative estimate of drug-likeness (QED) is 0.798. The maximum absolute atomic E-state index is 11.9. The van der Waals surface area contributed by atoms with Gasteiger partial charge in [-0.25, -0.2) is 9.78 Å². The van der Waals surface area contributed by atoms with Crippen molar-refractivity contribution in [3.8, 4) is 11.5 Å². The minimum absolute atomic E-state index is 0.282. The lowest BCUT2D eigenvalue weighted by molar-refractivity contribution is 0.0489. The van der Waals surface area contributed by atoms with Gasteiger partial charge in [0.1, 0.15) is 0 Å². The average Bonchev–Trinajstić information content (AvgIpc) is 2.99. The van der Waals surface area contributed by atoms with Crippen molar-refractivity contribution >= 4 is 17.3 Å². The van der Waals surface area contributed by atoms with Crippen molar-refractivity contribution in [2.45, 2.75) is 32.6 Å². The van der Waals surface area contributed by atoms with Crippen LogP contribution in [0.1, 0.15) is 47.5 Å². The molecule has 1 saturated carbocycles. The fourth-order valence-electron chi connectivity index (χ4n) is 2.00. The first kappa shape index (κ1) is 12.4. The van der Waals surface area contributed by atoms with Crippen molar-refractivity contribution in [2.75, 3.05) is 6.61 Å². The molecule has 2 aromatic heterocycles. The number of thiophene rings is 1. The molecule has 0 saturated heterocycles. The van der Waals surface area contributed by atoms with Gasteiger partial charge in [0, 0.05) is 11.3 Å². The van der Waals surface area contributed by atoms with Crippen LogP contribution >= 0.6 is 11.3 Å². The Morgan fingerprint density at radius 3 is 2.89 bits per heavy atom. The monoisotopic (exact) mass is 277 g/mol. The van der Waals surface area contributed by atoms with Gasteiger partial charge in [0.25, 0.3) is 0 Å². The molecular formula is C14H15NO3S. The van der Waals surface area contributed by atoms with Crippen LogP contribution in [-0.4, -0.2) is 17.6 Å². The van der Waals surface area contributed by atoms with Crippen LogP contribution in [0.15, 0.2) is 15.2 Å². The first-order chi connectivity index (χ1) is 9.20. The van der Waals surface area contributed by atoms with Gasteiger partial charge >= 0.3 is 5.97 Å². The molecule has 2 aromatic rings. The molecule has 0 aromatic carbocycles. The van der Waals surface area contributed by atoms with Gasteiger partial charge in [0.15, 0.2) is 0 Å². The van der Waals surface area contributed by atoms with E-state index in [2.05, 4.69) is 4.98 Å². The number of carbonyl (C=O) groups is 1. The lowest BCUT2D eigenvalue weighted by Crippen LogP contribution is -2.05. The number of oxazole rings is 1. The van der Waals surface area contributed by atoms with E-state index in [0.717, 1.165) is 29.7 Å². The smallest absolute Gasteiger partial charge is 0.376 e. The summed E-state index contributed by atoms with van der Waals surface area (Å²) in [6, 6.07) is 0. The first-order valence-corrected chi connectivity index (χ1v) is 7.36. The van der Waals surface area contributed by atoms with Crippen LogP contribution in [0.2, 0.25) is 0 Å². The van der Waals surface area contributed by atoms with E-state index in [1.165, 1.54) is 0 Å². The fraction of sp³-hybridized carbons (Fsp3) is 0.429. The fourth-order valence-corrected chi connectivity index (χ4v) is 2.83. The molecule has 0 unspecified atom stereocenters. The Hall–Kier alpha value is -1.62. The molecule has 1 aliphatic carbocycles. The van der Waals surface area contributed by atoms with Gasteiger partial charge < -0.3 is 9.15 Å². The van der Waals surface area contributed by atoms with Gasteiger partial charge in [-0.2, -0.15) is 11.3 Å². The second kappa shape index (κ2) is 4.81. The zero-order valence-electron chi connectivity index (χ0n) is 10.9. The molecule has 5 heteroatoms. The van der Waals surface area contributed by atoms with Crippen molar-refractivity contribution in [1.82, 2.24) is 4.98 Å². The predicted molar refractivity (Wildman–Crippen MR) is 72.5 cm³/mol. The normalized spacial score (nSPS) is 14.6. The van der Waals surface area contributed by atoms with E-state index in [9.17, 15) is 4.79 Å². The molecule has 100 valence electrons. The predicted octanol–water partition coefficient (Wildman–Crippen LogP) is 3.77. The number of rotatable bonds is 4. The summed E-state index contributed by atoms with van der Waals surface area (Å²) < 4.78 is 10.7. The summed E-state index contributed by atoms with van der Waals surface area (Å²) in [4.78, 5) is 16.4. The topological polar surface area (TPSA) is 52.3 Å². The van der Waals surface area contributed by atoms with Crippen molar-refractivity contribution in [1.29, 1.82) is 0 Å². The molecule has 2 heterocycles. The summed E-state index contributed by atoms with van der Waals surface area (Å²) >= 11 is 1.60. The number of carbonyl (C=O) groups excluding carboxylic acids is 1. The number of nitrogens with zero attached hydrogens (tertiary/aromatic N) is 1.